The number of amides is 1. The molecule has 0 N–H and O–H groups in total. The van der Waals surface area contributed by atoms with E-state index in [0.717, 1.165) is 6.42 Å². The Balaban J connectivity index is 2.03. The number of hydrogen-bond acceptors (Lipinski definition) is 5. The number of hydrogen-bond donors (Lipinski definition) is 0. The van der Waals surface area contributed by atoms with E-state index < -0.39 is 21.8 Å². The van der Waals surface area contributed by atoms with Crippen LogP contribution in [0.1, 0.15) is 39.2 Å². The highest BCUT2D eigenvalue weighted by molar-refractivity contribution is 7.86. The van der Waals surface area contributed by atoms with Crippen LogP contribution in [0, 0.1) is 6.92 Å². The molecule has 1 amide bonds. The largest absolute Gasteiger partial charge is 0.444 e. The summed E-state index contributed by atoms with van der Waals surface area (Å²) in [6.45, 7) is 7.61. The monoisotopic (exact) mass is 355 g/mol. The molecular weight excluding hydrogens is 330 g/mol. The minimum atomic E-state index is -3.84. The van der Waals surface area contributed by atoms with E-state index >= 15 is 0 Å². The number of aryl methyl sites for hydroxylation is 1. The first-order valence-electron chi connectivity index (χ1n) is 8.05. The van der Waals surface area contributed by atoms with Gasteiger partial charge in [0, 0.05) is 6.54 Å². The van der Waals surface area contributed by atoms with Gasteiger partial charge in [0.05, 0.1) is 17.5 Å². The van der Waals surface area contributed by atoms with E-state index in [0.29, 0.717) is 18.5 Å². The van der Waals surface area contributed by atoms with Crippen molar-refractivity contribution in [2.45, 2.75) is 57.1 Å². The summed E-state index contributed by atoms with van der Waals surface area (Å²) >= 11 is 0. The number of likely N-dealkylation sites (tertiary alicyclic amines) is 1. The molecule has 0 aliphatic carbocycles. The predicted molar refractivity (Wildman–Crippen MR) is 90.3 cm³/mol. The fourth-order valence-corrected chi connectivity index (χ4v) is 3.81. The van der Waals surface area contributed by atoms with Crippen LogP contribution in [0.25, 0.3) is 0 Å². The van der Waals surface area contributed by atoms with Crippen LogP contribution in [0.5, 0.6) is 0 Å². The van der Waals surface area contributed by atoms with Gasteiger partial charge in [0.25, 0.3) is 10.1 Å². The number of nitrogens with zero attached hydrogens (tertiary/aromatic N) is 1. The van der Waals surface area contributed by atoms with Gasteiger partial charge in [-0.2, -0.15) is 8.42 Å². The molecule has 0 aromatic heterocycles. The van der Waals surface area contributed by atoms with Gasteiger partial charge in [0.15, 0.2) is 0 Å². The first-order chi connectivity index (χ1) is 11.1. The minimum Gasteiger partial charge on any atom is -0.444 e. The summed E-state index contributed by atoms with van der Waals surface area (Å²) in [7, 11) is -3.84. The van der Waals surface area contributed by atoms with E-state index in [1.54, 1.807) is 50.8 Å². The molecule has 1 fully saturated rings. The van der Waals surface area contributed by atoms with Crippen LogP contribution in [0.15, 0.2) is 29.2 Å². The Morgan fingerprint density at radius 2 is 1.96 bits per heavy atom. The van der Waals surface area contributed by atoms with E-state index in [2.05, 4.69) is 0 Å². The fraction of sp³-hybridized carbons (Fsp3) is 0.588. The van der Waals surface area contributed by atoms with Gasteiger partial charge in [-0.1, -0.05) is 18.2 Å². The highest BCUT2D eigenvalue weighted by atomic mass is 32.2. The number of ether oxygens (including phenoxy) is 1. The molecule has 7 heteroatoms. The molecule has 134 valence electrons. The summed E-state index contributed by atoms with van der Waals surface area (Å²) in [6, 6.07) is 6.38. The predicted octanol–water partition coefficient (Wildman–Crippen LogP) is 3.10. The maximum Gasteiger partial charge on any atom is 0.410 e. The van der Waals surface area contributed by atoms with Crippen LogP contribution in [0.4, 0.5) is 4.79 Å². The zero-order chi connectivity index (χ0) is 18.0. The highest BCUT2D eigenvalue weighted by Crippen LogP contribution is 2.23. The lowest BCUT2D eigenvalue weighted by Crippen LogP contribution is -2.42. The average molecular weight is 355 g/mol. The first kappa shape index (κ1) is 18.7. The second-order valence-electron chi connectivity index (χ2n) is 6.97. The molecule has 2 rings (SSSR count). The third-order valence-corrected chi connectivity index (χ3v) is 5.23. The third kappa shape index (κ3) is 4.70. The Hall–Kier alpha value is -1.60. The summed E-state index contributed by atoms with van der Waals surface area (Å²) in [4.78, 5) is 13.9. The molecule has 0 saturated carbocycles. The van der Waals surface area contributed by atoms with Crippen LogP contribution in [-0.4, -0.2) is 44.2 Å². The molecule has 6 nitrogen and oxygen atoms in total. The molecule has 1 aromatic rings. The normalized spacial score (nSPS) is 18.7. The van der Waals surface area contributed by atoms with Crippen molar-refractivity contribution in [3.63, 3.8) is 0 Å². The Bertz CT molecular complexity index is 693. The van der Waals surface area contributed by atoms with Gasteiger partial charge in [-0.25, -0.2) is 4.79 Å². The second-order valence-corrected chi connectivity index (χ2v) is 8.56. The van der Waals surface area contributed by atoms with Crippen LogP contribution >= 0.6 is 0 Å². The molecule has 0 spiro atoms. The van der Waals surface area contributed by atoms with Gasteiger partial charge < -0.3 is 9.64 Å². The molecule has 1 aliphatic heterocycles. The number of carbonyl (C=O) groups excluding carboxylic acids is 1. The van der Waals surface area contributed by atoms with Crippen LogP contribution < -0.4 is 0 Å². The summed E-state index contributed by atoms with van der Waals surface area (Å²) < 4.78 is 35.3. The molecule has 1 atom stereocenters. The van der Waals surface area contributed by atoms with E-state index in [1.165, 1.54) is 6.07 Å². The van der Waals surface area contributed by atoms with Crippen molar-refractivity contribution in [3.05, 3.63) is 29.8 Å². The first-order valence-corrected chi connectivity index (χ1v) is 9.46. The average Bonchev–Trinajstić information content (AvgIpc) is 2.92. The van der Waals surface area contributed by atoms with Crippen LogP contribution in [0.2, 0.25) is 0 Å². The quantitative estimate of drug-likeness (QED) is 0.776. The van der Waals surface area contributed by atoms with Crippen LogP contribution in [-0.2, 0) is 19.0 Å². The van der Waals surface area contributed by atoms with Crippen LogP contribution in [0.3, 0.4) is 0 Å². The SMILES string of the molecule is Cc1ccccc1S(=O)(=O)OC[C@@H]1CCCN1C(=O)OC(C)(C)C. The van der Waals surface area contributed by atoms with Crippen molar-refractivity contribution in [1.29, 1.82) is 0 Å². The van der Waals surface area contributed by atoms with Gasteiger partial charge >= 0.3 is 6.09 Å². The molecule has 1 aromatic carbocycles. The molecule has 0 radical (unpaired) electrons. The standard InChI is InChI=1S/C17H25NO5S/c1-13-8-5-6-10-15(13)24(20,21)22-12-14-9-7-11-18(14)16(19)23-17(2,3)4/h5-6,8,10,14H,7,9,11-12H2,1-4H3/t14-/m0/s1. The van der Waals surface area contributed by atoms with E-state index in [-0.39, 0.29) is 17.5 Å². The third-order valence-electron chi connectivity index (χ3n) is 3.78. The molecule has 0 bridgehead atoms. The smallest absolute Gasteiger partial charge is 0.410 e. The van der Waals surface area contributed by atoms with E-state index in [9.17, 15) is 13.2 Å². The Labute approximate surface area is 143 Å². The number of rotatable bonds is 4. The van der Waals surface area contributed by atoms with Gasteiger partial charge in [-0.05, 0) is 52.2 Å². The molecule has 24 heavy (non-hydrogen) atoms. The molecule has 1 heterocycles. The van der Waals surface area contributed by atoms with Crippen molar-refractivity contribution in [1.82, 2.24) is 4.90 Å². The summed E-state index contributed by atoms with van der Waals surface area (Å²) in [6.07, 6.45) is 1.07. The Kier molecular flexibility index (Phi) is 5.55. The molecular formula is C17H25NO5S. The van der Waals surface area contributed by atoms with Gasteiger partial charge in [-0.3, -0.25) is 4.18 Å². The second kappa shape index (κ2) is 7.11. The van der Waals surface area contributed by atoms with E-state index in [1.807, 2.05) is 0 Å². The highest BCUT2D eigenvalue weighted by Gasteiger charge is 2.33. The lowest BCUT2D eigenvalue weighted by molar-refractivity contribution is 0.0189. The van der Waals surface area contributed by atoms with Gasteiger partial charge in [0.1, 0.15) is 5.60 Å². The van der Waals surface area contributed by atoms with E-state index in [4.69, 9.17) is 8.92 Å². The van der Waals surface area contributed by atoms with Crippen molar-refractivity contribution >= 4 is 16.2 Å². The maximum absolute atomic E-state index is 12.4. The van der Waals surface area contributed by atoms with Crippen molar-refractivity contribution in [2.24, 2.45) is 0 Å². The lowest BCUT2D eigenvalue weighted by Gasteiger charge is -2.28. The molecule has 1 aliphatic rings. The molecule has 1 saturated heterocycles. The van der Waals surface area contributed by atoms with Crippen molar-refractivity contribution in [3.8, 4) is 0 Å². The maximum atomic E-state index is 12.4. The van der Waals surface area contributed by atoms with Gasteiger partial charge in [0.2, 0.25) is 0 Å². The molecule has 0 unspecified atom stereocenters. The number of carbonyl (C=O) groups is 1. The lowest BCUT2D eigenvalue weighted by atomic mass is 10.2. The summed E-state index contributed by atoms with van der Waals surface area (Å²) in [5.74, 6) is 0. The summed E-state index contributed by atoms with van der Waals surface area (Å²) in [5, 5.41) is 0. The topological polar surface area (TPSA) is 72.9 Å². The van der Waals surface area contributed by atoms with Crippen molar-refractivity contribution < 1.29 is 22.1 Å². The Morgan fingerprint density at radius 1 is 1.29 bits per heavy atom. The minimum absolute atomic E-state index is 0.0596. The zero-order valence-electron chi connectivity index (χ0n) is 14.6. The van der Waals surface area contributed by atoms with Crippen molar-refractivity contribution in [2.75, 3.05) is 13.2 Å². The fourth-order valence-electron chi connectivity index (χ4n) is 2.64. The number of benzene rings is 1. The van der Waals surface area contributed by atoms with Gasteiger partial charge in [-0.15, -0.1) is 0 Å². The summed E-state index contributed by atoms with van der Waals surface area (Å²) in [5.41, 5.74) is 0.0473. The Morgan fingerprint density at radius 3 is 2.58 bits per heavy atom. The zero-order valence-corrected chi connectivity index (χ0v) is 15.4.